The third-order valence-corrected chi connectivity index (χ3v) is 6.52. The van der Waals surface area contributed by atoms with Crippen LogP contribution in [-0.2, 0) is 6.42 Å². The molecule has 4 heteroatoms. The quantitative estimate of drug-likeness (QED) is 0.588. The Morgan fingerprint density at radius 3 is 2.66 bits per heavy atom. The molecule has 4 aliphatic heterocycles. The fourth-order valence-corrected chi connectivity index (χ4v) is 4.93. The van der Waals surface area contributed by atoms with Gasteiger partial charge in [0.15, 0.2) is 0 Å². The summed E-state index contributed by atoms with van der Waals surface area (Å²) in [4.78, 5) is 0. The van der Waals surface area contributed by atoms with E-state index in [1.54, 1.807) is 0 Å². The third-order valence-electron chi connectivity index (χ3n) is 6.52. The van der Waals surface area contributed by atoms with Crippen molar-refractivity contribution >= 4 is 6.08 Å². The highest BCUT2D eigenvalue weighted by molar-refractivity contribution is 5.71. The van der Waals surface area contributed by atoms with Gasteiger partial charge in [0.05, 0.1) is 18.1 Å². The van der Waals surface area contributed by atoms with Gasteiger partial charge in [-0.1, -0.05) is 6.07 Å². The number of hydrogen-bond donors (Lipinski definition) is 0. The van der Waals surface area contributed by atoms with Crippen LogP contribution < -0.4 is 18.9 Å². The van der Waals surface area contributed by atoms with Crippen molar-refractivity contribution in [2.24, 2.45) is 0 Å². The smallest absolute Gasteiger partial charge is 0.138 e. The molecule has 6 rings (SSSR count). The highest BCUT2D eigenvalue weighted by Crippen LogP contribution is 2.55. The first-order valence-electron chi connectivity index (χ1n) is 10.5. The monoisotopic (exact) mass is 390 g/mol. The van der Waals surface area contributed by atoms with E-state index < -0.39 is 0 Å². The molecule has 29 heavy (non-hydrogen) atoms. The van der Waals surface area contributed by atoms with Crippen molar-refractivity contribution in [2.45, 2.75) is 63.8 Å². The number of aryl methyl sites for hydroxylation is 1. The van der Waals surface area contributed by atoms with Gasteiger partial charge in [-0.2, -0.15) is 0 Å². The van der Waals surface area contributed by atoms with E-state index in [4.69, 9.17) is 18.9 Å². The molecule has 0 aliphatic carbocycles. The lowest BCUT2D eigenvalue weighted by Gasteiger charge is -2.35. The fraction of sp³-hybridized carbons (Fsp3) is 0.440. The van der Waals surface area contributed by atoms with Gasteiger partial charge in [0.1, 0.15) is 40.3 Å². The van der Waals surface area contributed by atoms with Crippen LogP contribution in [0.1, 0.15) is 68.4 Å². The Labute approximate surface area is 171 Å². The van der Waals surface area contributed by atoms with Crippen LogP contribution in [0.25, 0.3) is 6.08 Å². The van der Waals surface area contributed by atoms with Gasteiger partial charge < -0.3 is 18.9 Å². The van der Waals surface area contributed by atoms with E-state index in [0.717, 1.165) is 47.0 Å². The topological polar surface area (TPSA) is 36.9 Å². The zero-order valence-electron chi connectivity index (χ0n) is 17.4. The lowest BCUT2D eigenvalue weighted by Crippen LogP contribution is -2.33. The minimum atomic E-state index is -0.296. The SMILES string of the molecule is CC1(C)C=Cc2c(ccc3c2O[C@H]2c4cc5c(cc4OC[C@@H]32)OC(C)(C)CC5)O1. The summed E-state index contributed by atoms with van der Waals surface area (Å²) in [6.07, 6.45) is 6.24. The van der Waals surface area contributed by atoms with Crippen molar-refractivity contribution < 1.29 is 18.9 Å². The zero-order chi connectivity index (χ0) is 20.0. The van der Waals surface area contributed by atoms with Crippen molar-refractivity contribution in [3.05, 3.63) is 52.6 Å². The normalized spacial score (nSPS) is 26.3. The maximum atomic E-state index is 6.58. The summed E-state index contributed by atoms with van der Waals surface area (Å²) in [6.45, 7) is 9.03. The number of fused-ring (bicyclic) bond motifs is 8. The van der Waals surface area contributed by atoms with Crippen molar-refractivity contribution in [3.63, 3.8) is 0 Å². The van der Waals surface area contributed by atoms with Crippen LogP contribution in [0.4, 0.5) is 0 Å². The molecule has 0 bridgehead atoms. The standard InChI is InChI=1S/C25H26O4/c1-24(2)9-7-14-11-17-21(12-20(14)29-24)26-13-18-15-5-6-19-16(22(15)27-23(17)18)8-10-25(3,4)28-19/h5-6,8,10-12,18,23H,7,9,13H2,1-4H3/t18-,23-/m0/s1. The molecule has 0 fully saturated rings. The Morgan fingerprint density at radius 2 is 1.79 bits per heavy atom. The maximum Gasteiger partial charge on any atom is 0.138 e. The van der Waals surface area contributed by atoms with Gasteiger partial charge in [-0.3, -0.25) is 0 Å². The molecular weight excluding hydrogens is 364 g/mol. The molecule has 0 aromatic heterocycles. The minimum Gasteiger partial charge on any atom is -0.492 e. The predicted molar refractivity (Wildman–Crippen MR) is 111 cm³/mol. The van der Waals surface area contributed by atoms with E-state index in [-0.39, 0.29) is 23.2 Å². The van der Waals surface area contributed by atoms with Gasteiger partial charge in [0, 0.05) is 17.2 Å². The summed E-state index contributed by atoms with van der Waals surface area (Å²) >= 11 is 0. The molecule has 2 atom stereocenters. The van der Waals surface area contributed by atoms with Gasteiger partial charge >= 0.3 is 0 Å². The van der Waals surface area contributed by atoms with E-state index in [0.29, 0.717) is 6.61 Å². The predicted octanol–water partition coefficient (Wildman–Crippen LogP) is 5.58. The summed E-state index contributed by atoms with van der Waals surface area (Å²) in [5, 5.41) is 0. The van der Waals surface area contributed by atoms with Crippen LogP contribution in [0.5, 0.6) is 23.0 Å². The van der Waals surface area contributed by atoms with Gasteiger partial charge in [-0.25, -0.2) is 0 Å². The molecule has 4 heterocycles. The van der Waals surface area contributed by atoms with Crippen LogP contribution in [0, 0.1) is 0 Å². The summed E-state index contributed by atoms with van der Waals surface area (Å²) in [5.41, 5.74) is 4.21. The van der Waals surface area contributed by atoms with Gasteiger partial charge in [-0.15, -0.1) is 0 Å². The summed E-state index contributed by atoms with van der Waals surface area (Å²) in [6, 6.07) is 8.52. The van der Waals surface area contributed by atoms with Crippen molar-refractivity contribution in [3.8, 4) is 23.0 Å². The molecule has 150 valence electrons. The molecule has 2 aromatic carbocycles. The first-order valence-corrected chi connectivity index (χ1v) is 10.5. The first kappa shape index (κ1) is 17.3. The highest BCUT2D eigenvalue weighted by Gasteiger charge is 2.43. The van der Waals surface area contributed by atoms with Crippen molar-refractivity contribution in [1.82, 2.24) is 0 Å². The van der Waals surface area contributed by atoms with E-state index in [2.05, 4.69) is 64.1 Å². The number of ether oxygens (including phenoxy) is 4. The summed E-state index contributed by atoms with van der Waals surface area (Å²) in [5.74, 6) is 3.86. The second kappa shape index (κ2) is 5.50. The molecular formula is C25H26O4. The summed E-state index contributed by atoms with van der Waals surface area (Å²) < 4.78 is 25.1. The third kappa shape index (κ3) is 2.58. The number of benzene rings is 2. The van der Waals surface area contributed by atoms with Crippen molar-refractivity contribution in [1.29, 1.82) is 0 Å². The Balaban J connectivity index is 1.41. The van der Waals surface area contributed by atoms with Crippen LogP contribution in [0.15, 0.2) is 30.3 Å². The Hall–Kier alpha value is -2.62. The number of rotatable bonds is 0. The molecule has 0 saturated heterocycles. The Morgan fingerprint density at radius 1 is 0.931 bits per heavy atom. The minimum absolute atomic E-state index is 0.0242. The molecule has 0 amide bonds. The van der Waals surface area contributed by atoms with Gasteiger partial charge in [0.25, 0.3) is 0 Å². The second-order valence-electron chi connectivity index (χ2n) is 9.75. The Kier molecular flexibility index (Phi) is 3.27. The summed E-state index contributed by atoms with van der Waals surface area (Å²) in [7, 11) is 0. The molecule has 0 N–H and O–H groups in total. The average Bonchev–Trinajstić information content (AvgIpc) is 3.04. The zero-order valence-corrected chi connectivity index (χ0v) is 17.4. The van der Waals surface area contributed by atoms with E-state index in [1.807, 2.05) is 0 Å². The van der Waals surface area contributed by atoms with Crippen LogP contribution in [-0.4, -0.2) is 17.8 Å². The lowest BCUT2D eigenvalue weighted by molar-refractivity contribution is 0.0826. The molecule has 0 saturated carbocycles. The van der Waals surface area contributed by atoms with Crippen LogP contribution in [0.3, 0.4) is 0 Å². The van der Waals surface area contributed by atoms with E-state index >= 15 is 0 Å². The molecule has 0 unspecified atom stereocenters. The molecule has 4 nitrogen and oxygen atoms in total. The van der Waals surface area contributed by atoms with Crippen LogP contribution >= 0.6 is 0 Å². The molecule has 4 aliphatic rings. The van der Waals surface area contributed by atoms with Crippen molar-refractivity contribution in [2.75, 3.05) is 6.61 Å². The molecule has 0 spiro atoms. The first-order chi connectivity index (χ1) is 13.8. The number of hydrogen-bond acceptors (Lipinski definition) is 4. The van der Waals surface area contributed by atoms with Crippen LogP contribution in [0.2, 0.25) is 0 Å². The fourth-order valence-electron chi connectivity index (χ4n) is 4.93. The van der Waals surface area contributed by atoms with Gasteiger partial charge in [-0.05, 0) is 70.4 Å². The largest absolute Gasteiger partial charge is 0.492 e. The van der Waals surface area contributed by atoms with E-state index in [1.165, 1.54) is 11.1 Å². The molecule has 0 radical (unpaired) electrons. The van der Waals surface area contributed by atoms with E-state index in [9.17, 15) is 0 Å². The van der Waals surface area contributed by atoms with Gasteiger partial charge in [0.2, 0.25) is 0 Å². The lowest BCUT2D eigenvalue weighted by atomic mass is 9.86. The average molecular weight is 390 g/mol. The maximum absolute atomic E-state index is 6.58. The highest BCUT2D eigenvalue weighted by atomic mass is 16.5. The molecule has 2 aromatic rings. The Bertz CT molecular complexity index is 1060. The second-order valence-corrected chi connectivity index (χ2v) is 9.75.